The standard InChI is InChI=1S/C18H17BrN2O2/c19-16-7-2-1-6-15(16)18(23)21-14-5-3-4-13(11-14)20-17(22)10-12-8-9-12/h1-7,11-12H,8-10H2,(H,20,22)(H,21,23). The summed E-state index contributed by atoms with van der Waals surface area (Å²) in [6.07, 6.45) is 2.87. The van der Waals surface area contributed by atoms with E-state index in [0.717, 1.165) is 17.3 Å². The Balaban J connectivity index is 1.66. The molecule has 3 rings (SSSR count). The number of halogens is 1. The summed E-state index contributed by atoms with van der Waals surface area (Å²) >= 11 is 3.37. The van der Waals surface area contributed by atoms with Crippen LogP contribution in [0.2, 0.25) is 0 Å². The van der Waals surface area contributed by atoms with Gasteiger partial charge in [-0.05, 0) is 65.0 Å². The quantitative estimate of drug-likeness (QED) is 0.814. The predicted molar refractivity (Wildman–Crippen MR) is 94.5 cm³/mol. The van der Waals surface area contributed by atoms with Crippen molar-refractivity contribution in [3.8, 4) is 0 Å². The van der Waals surface area contributed by atoms with Crippen molar-refractivity contribution in [3.63, 3.8) is 0 Å². The lowest BCUT2D eigenvalue weighted by atomic mass is 10.2. The van der Waals surface area contributed by atoms with Crippen LogP contribution in [0.25, 0.3) is 0 Å². The van der Waals surface area contributed by atoms with Gasteiger partial charge in [-0.15, -0.1) is 0 Å². The molecule has 0 aliphatic heterocycles. The highest BCUT2D eigenvalue weighted by Gasteiger charge is 2.24. The molecule has 0 atom stereocenters. The second-order valence-electron chi connectivity index (χ2n) is 5.71. The van der Waals surface area contributed by atoms with Gasteiger partial charge in [0.2, 0.25) is 5.91 Å². The largest absolute Gasteiger partial charge is 0.326 e. The van der Waals surface area contributed by atoms with Crippen LogP contribution in [0.5, 0.6) is 0 Å². The van der Waals surface area contributed by atoms with Gasteiger partial charge in [-0.1, -0.05) is 18.2 Å². The van der Waals surface area contributed by atoms with Gasteiger partial charge in [0.25, 0.3) is 5.91 Å². The number of carbonyl (C=O) groups excluding carboxylic acids is 2. The maximum atomic E-state index is 12.3. The Hall–Kier alpha value is -2.14. The first-order valence-corrected chi connectivity index (χ1v) is 8.37. The molecular weight excluding hydrogens is 356 g/mol. The van der Waals surface area contributed by atoms with Crippen LogP contribution in [-0.4, -0.2) is 11.8 Å². The van der Waals surface area contributed by atoms with E-state index in [0.29, 0.717) is 29.3 Å². The van der Waals surface area contributed by atoms with Crippen molar-refractivity contribution in [2.24, 2.45) is 5.92 Å². The molecule has 4 nitrogen and oxygen atoms in total. The van der Waals surface area contributed by atoms with Crippen LogP contribution in [0.4, 0.5) is 11.4 Å². The van der Waals surface area contributed by atoms with Crippen molar-refractivity contribution >= 4 is 39.1 Å². The zero-order valence-corrected chi connectivity index (χ0v) is 14.1. The van der Waals surface area contributed by atoms with Gasteiger partial charge in [-0.3, -0.25) is 9.59 Å². The average molecular weight is 373 g/mol. The van der Waals surface area contributed by atoms with Crippen molar-refractivity contribution < 1.29 is 9.59 Å². The molecule has 0 aromatic heterocycles. The van der Waals surface area contributed by atoms with E-state index < -0.39 is 0 Å². The van der Waals surface area contributed by atoms with Gasteiger partial charge >= 0.3 is 0 Å². The average Bonchev–Trinajstić information content (AvgIpc) is 3.31. The molecule has 2 aromatic rings. The van der Waals surface area contributed by atoms with Crippen LogP contribution in [0.1, 0.15) is 29.6 Å². The number of benzene rings is 2. The zero-order valence-electron chi connectivity index (χ0n) is 12.5. The fourth-order valence-electron chi connectivity index (χ4n) is 2.31. The first kappa shape index (κ1) is 15.7. The lowest BCUT2D eigenvalue weighted by molar-refractivity contribution is -0.116. The van der Waals surface area contributed by atoms with Crippen LogP contribution in [0.15, 0.2) is 53.0 Å². The fraction of sp³-hybridized carbons (Fsp3) is 0.222. The number of anilines is 2. The second kappa shape index (κ2) is 6.96. The van der Waals surface area contributed by atoms with Gasteiger partial charge in [0.1, 0.15) is 0 Å². The number of rotatable bonds is 5. The molecule has 2 aromatic carbocycles. The van der Waals surface area contributed by atoms with Gasteiger partial charge in [-0.25, -0.2) is 0 Å². The Morgan fingerprint density at radius 3 is 2.39 bits per heavy atom. The summed E-state index contributed by atoms with van der Waals surface area (Å²) in [7, 11) is 0. The minimum Gasteiger partial charge on any atom is -0.326 e. The summed E-state index contributed by atoms with van der Waals surface area (Å²) in [6, 6.07) is 14.4. The molecule has 0 unspecified atom stereocenters. The highest BCUT2D eigenvalue weighted by Crippen LogP contribution is 2.32. The lowest BCUT2D eigenvalue weighted by Crippen LogP contribution is -2.14. The lowest BCUT2D eigenvalue weighted by Gasteiger charge is -2.09. The highest BCUT2D eigenvalue weighted by atomic mass is 79.9. The molecule has 0 spiro atoms. The molecule has 1 aliphatic carbocycles. The Labute approximate surface area is 143 Å². The molecule has 1 saturated carbocycles. The number of amides is 2. The molecule has 2 N–H and O–H groups in total. The number of nitrogens with one attached hydrogen (secondary N) is 2. The fourth-order valence-corrected chi connectivity index (χ4v) is 2.78. The van der Waals surface area contributed by atoms with Crippen LogP contribution < -0.4 is 10.6 Å². The Kier molecular flexibility index (Phi) is 4.76. The third-order valence-electron chi connectivity index (χ3n) is 3.69. The first-order valence-electron chi connectivity index (χ1n) is 7.57. The van der Waals surface area contributed by atoms with Crippen LogP contribution >= 0.6 is 15.9 Å². The van der Waals surface area contributed by atoms with E-state index in [1.54, 1.807) is 18.2 Å². The smallest absolute Gasteiger partial charge is 0.256 e. The third-order valence-corrected chi connectivity index (χ3v) is 4.39. The molecule has 1 fully saturated rings. The summed E-state index contributed by atoms with van der Waals surface area (Å²) in [5, 5.41) is 5.72. The van der Waals surface area contributed by atoms with Gasteiger partial charge in [-0.2, -0.15) is 0 Å². The minimum absolute atomic E-state index is 0.0294. The number of carbonyl (C=O) groups is 2. The van der Waals surface area contributed by atoms with Crippen molar-refractivity contribution in [3.05, 3.63) is 58.6 Å². The number of hydrogen-bond donors (Lipinski definition) is 2. The second-order valence-corrected chi connectivity index (χ2v) is 6.56. The van der Waals surface area contributed by atoms with Crippen molar-refractivity contribution in [2.75, 3.05) is 10.6 Å². The molecule has 2 amide bonds. The van der Waals surface area contributed by atoms with E-state index in [-0.39, 0.29) is 11.8 Å². The van der Waals surface area contributed by atoms with E-state index in [1.165, 1.54) is 0 Å². The van der Waals surface area contributed by atoms with Gasteiger partial charge in [0.05, 0.1) is 5.56 Å². The van der Waals surface area contributed by atoms with Gasteiger partial charge < -0.3 is 10.6 Å². The number of hydrogen-bond acceptors (Lipinski definition) is 2. The van der Waals surface area contributed by atoms with E-state index >= 15 is 0 Å². The summed E-state index contributed by atoms with van der Waals surface area (Å²) < 4.78 is 0.742. The molecule has 0 radical (unpaired) electrons. The maximum absolute atomic E-state index is 12.3. The first-order chi connectivity index (χ1) is 11.1. The van der Waals surface area contributed by atoms with Crippen molar-refractivity contribution in [1.29, 1.82) is 0 Å². The summed E-state index contributed by atoms with van der Waals surface area (Å²) in [4.78, 5) is 24.2. The predicted octanol–water partition coefficient (Wildman–Crippen LogP) is 4.44. The molecule has 1 aliphatic rings. The summed E-state index contributed by atoms with van der Waals surface area (Å²) in [5.74, 6) is 0.383. The van der Waals surface area contributed by atoms with E-state index in [1.807, 2.05) is 30.3 Å². The Bertz CT molecular complexity index is 741. The molecule has 118 valence electrons. The molecule has 0 heterocycles. The molecular formula is C18H17BrN2O2. The van der Waals surface area contributed by atoms with E-state index in [9.17, 15) is 9.59 Å². The molecule has 0 bridgehead atoms. The van der Waals surface area contributed by atoms with Crippen LogP contribution in [0.3, 0.4) is 0 Å². The van der Waals surface area contributed by atoms with Crippen LogP contribution in [0, 0.1) is 5.92 Å². The van der Waals surface area contributed by atoms with Crippen molar-refractivity contribution in [2.45, 2.75) is 19.3 Å². The maximum Gasteiger partial charge on any atom is 0.256 e. The van der Waals surface area contributed by atoms with E-state index in [2.05, 4.69) is 26.6 Å². The van der Waals surface area contributed by atoms with Crippen molar-refractivity contribution in [1.82, 2.24) is 0 Å². The Morgan fingerprint density at radius 1 is 1.00 bits per heavy atom. The van der Waals surface area contributed by atoms with Gasteiger partial charge in [0, 0.05) is 22.3 Å². The normalized spacial score (nSPS) is 13.4. The molecule has 5 heteroatoms. The monoisotopic (exact) mass is 372 g/mol. The molecule has 0 saturated heterocycles. The highest BCUT2D eigenvalue weighted by molar-refractivity contribution is 9.10. The third kappa shape index (κ3) is 4.42. The SMILES string of the molecule is O=C(CC1CC1)Nc1cccc(NC(=O)c2ccccc2Br)c1. The van der Waals surface area contributed by atoms with E-state index in [4.69, 9.17) is 0 Å². The molecule has 23 heavy (non-hydrogen) atoms. The summed E-state index contributed by atoms with van der Waals surface area (Å²) in [5.41, 5.74) is 1.91. The Morgan fingerprint density at radius 2 is 1.70 bits per heavy atom. The minimum atomic E-state index is -0.195. The topological polar surface area (TPSA) is 58.2 Å². The zero-order chi connectivity index (χ0) is 16.2. The summed E-state index contributed by atoms with van der Waals surface area (Å²) in [6.45, 7) is 0. The van der Waals surface area contributed by atoms with Crippen LogP contribution in [-0.2, 0) is 4.79 Å². The van der Waals surface area contributed by atoms with Gasteiger partial charge in [0.15, 0.2) is 0 Å².